The van der Waals surface area contributed by atoms with Crippen LogP contribution >= 0.6 is 11.6 Å². The lowest BCUT2D eigenvalue weighted by Gasteiger charge is -2.42. The molecule has 0 saturated carbocycles. The third-order valence-corrected chi connectivity index (χ3v) is 7.81. The first-order valence-electron chi connectivity index (χ1n) is 10.3. The Bertz CT molecular complexity index is 1450. The van der Waals surface area contributed by atoms with E-state index in [2.05, 4.69) is 10.5 Å². The SMILES string of the molecule is CC1(C)Oc2ccc(S(=O)(=O)c3ccccc3)cc2[C@@H](Nc2noc3ccc(Cl)cc23)[C@@H]1O. The Morgan fingerprint density at radius 1 is 1.03 bits per heavy atom. The number of fused-ring (bicyclic) bond motifs is 2. The van der Waals surface area contributed by atoms with Crippen LogP contribution in [0.1, 0.15) is 25.5 Å². The molecule has 0 saturated heterocycles. The summed E-state index contributed by atoms with van der Waals surface area (Å²) in [5.74, 6) is 0.858. The van der Waals surface area contributed by atoms with E-state index in [0.29, 0.717) is 33.1 Å². The van der Waals surface area contributed by atoms with Crippen molar-refractivity contribution >= 4 is 38.2 Å². The predicted molar refractivity (Wildman–Crippen MR) is 124 cm³/mol. The van der Waals surface area contributed by atoms with Crippen molar-refractivity contribution in [1.82, 2.24) is 5.16 Å². The van der Waals surface area contributed by atoms with Gasteiger partial charge in [0.15, 0.2) is 11.4 Å². The molecule has 0 fully saturated rings. The number of nitrogens with one attached hydrogen (secondary N) is 1. The van der Waals surface area contributed by atoms with Gasteiger partial charge in [-0.3, -0.25) is 0 Å². The zero-order chi connectivity index (χ0) is 23.4. The number of aliphatic hydroxyl groups is 1. The number of sulfone groups is 1. The van der Waals surface area contributed by atoms with Gasteiger partial charge in [0.25, 0.3) is 0 Å². The minimum Gasteiger partial charge on any atom is -0.485 e. The Kier molecular flexibility index (Phi) is 5.12. The van der Waals surface area contributed by atoms with Gasteiger partial charge in [-0.1, -0.05) is 35.0 Å². The van der Waals surface area contributed by atoms with Gasteiger partial charge in [0, 0.05) is 10.6 Å². The highest BCUT2D eigenvalue weighted by Crippen LogP contribution is 2.43. The second-order valence-corrected chi connectivity index (χ2v) is 10.8. The van der Waals surface area contributed by atoms with Crippen LogP contribution in [0, 0.1) is 0 Å². The van der Waals surface area contributed by atoms with Gasteiger partial charge in [0.2, 0.25) is 9.84 Å². The number of aliphatic hydroxyl groups excluding tert-OH is 1. The normalized spacial score (nSPS) is 19.6. The molecule has 4 aromatic rings. The highest BCUT2D eigenvalue weighted by Gasteiger charge is 2.44. The van der Waals surface area contributed by atoms with Crippen molar-refractivity contribution in [2.45, 2.75) is 41.4 Å². The smallest absolute Gasteiger partial charge is 0.206 e. The molecule has 2 N–H and O–H groups in total. The van der Waals surface area contributed by atoms with Crippen molar-refractivity contribution in [1.29, 1.82) is 0 Å². The third kappa shape index (κ3) is 3.74. The lowest BCUT2D eigenvalue weighted by atomic mass is 9.86. The molecule has 170 valence electrons. The number of anilines is 1. The third-order valence-electron chi connectivity index (χ3n) is 5.81. The largest absolute Gasteiger partial charge is 0.485 e. The van der Waals surface area contributed by atoms with E-state index in [4.69, 9.17) is 20.9 Å². The molecule has 7 nitrogen and oxygen atoms in total. The van der Waals surface area contributed by atoms with Crippen molar-refractivity contribution < 1.29 is 22.8 Å². The van der Waals surface area contributed by atoms with E-state index >= 15 is 0 Å². The van der Waals surface area contributed by atoms with Crippen LogP contribution in [-0.4, -0.2) is 30.4 Å². The maximum atomic E-state index is 13.2. The van der Waals surface area contributed by atoms with Crippen molar-refractivity contribution in [2.24, 2.45) is 0 Å². The van der Waals surface area contributed by atoms with E-state index in [1.165, 1.54) is 12.1 Å². The van der Waals surface area contributed by atoms with Gasteiger partial charge in [0.05, 0.1) is 21.2 Å². The predicted octanol–water partition coefficient (Wildman–Crippen LogP) is 5.00. The number of ether oxygens (including phenoxy) is 1. The molecule has 0 aliphatic carbocycles. The van der Waals surface area contributed by atoms with Crippen molar-refractivity contribution in [3.8, 4) is 5.75 Å². The monoisotopic (exact) mass is 484 g/mol. The fourth-order valence-electron chi connectivity index (χ4n) is 4.00. The fraction of sp³-hybridized carbons (Fsp3) is 0.208. The number of halogens is 1. The van der Waals surface area contributed by atoms with Gasteiger partial charge in [-0.25, -0.2) is 8.42 Å². The van der Waals surface area contributed by atoms with E-state index < -0.39 is 27.6 Å². The molecule has 2 atom stereocenters. The summed E-state index contributed by atoms with van der Waals surface area (Å²) >= 11 is 6.14. The van der Waals surface area contributed by atoms with E-state index in [1.807, 2.05) is 0 Å². The number of aromatic nitrogens is 1. The first-order valence-corrected chi connectivity index (χ1v) is 12.2. The van der Waals surface area contributed by atoms with E-state index in [-0.39, 0.29) is 9.79 Å². The first kappa shape index (κ1) is 21.8. The van der Waals surface area contributed by atoms with Crippen LogP contribution in [0.3, 0.4) is 0 Å². The van der Waals surface area contributed by atoms with Gasteiger partial charge in [-0.2, -0.15) is 0 Å². The Morgan fingerprint density at radius 2 is 1.79 bits per heavy atom. The van der Waals surface area contributed by atoms with Crippen molar-refractivity contribution in [2.75, 3.05) is 5.32 Å². The molecule has 1 aromatic heterocycles. The van der Waals surface area contributed by atoms with Crippen LogP contribution in [0.2, 0.25) is 5.02 Å². The highest BCUT2D eigenvalue weighted by atomic mass is 35.5. The average Bonchev–Trinajstić information content (AvgIpc) is 3.18. The van der Waals surface area contributed by atoms with Crippen LogP contribution in [0.15, 0.2) is 81.0 Å². The van der Waals surface area contributed by atoms with Crippen LogP contribution in [0.4, 0.5) is 5.82 Å². The summed E-state index contributed by atoms with van der Waals surface area (Å²) in [4.78, 5) is 0.284. The van der Waals surface area contributed by atoms with Crippen molar-refractivity contribution in [3.63, 3.8) is 0 Å². The lowest BCUT2D eigenvalue weighted by molar-refractivity contribution is -0.0534. The first-order chi connectivity index (χ1) is 15.7. The minimum absolute atomic E-state index is 0.0998. The molecule has 5 rings (SSSR count). The van der Waals surface area contributed by atoms with Gasteiger partial charge >= 0.3 is 0 Å². The standard InChI is InChI=1S/C24H21ClN2O5S/c1-24(2)22(28)21(26-23-18-12-14(25)8-10-20(18)32-27-23)17-13-16(9-11-19(17)31-24)33(29,30)15-6-4-3-5-7-15/h3-13,21-22,28H,1-2H3,(H,26,27)/t21-,22+/m1/s1. The van der Waals surface area contributed by atoms with Crippen LogP contribution in [0.5, 0.6) is 5.75 Å². The summed E-state index contributed by atoms with van der Waals surface area (Å²) in [6.45, 7) is 3.53. The summed E-state index contributed by atoms with van der Waals surface area (Å²) in [5, 5.41) is 19.6. The van der Waals surface area contributed by atoms with Gasteiger partial charge in [0.1, 0.15) is 17.5 Å². The molecule has 33 heavy (non-hydrogen) atoms. The zero-order valence-corrected chi connectivity index (χ0v) is 19.4. The molecule has 0 radical (unpaired) electrons. The number of nitrogens with zero attached hydrogens (tertiary/aromatic N) is 1. The summed E-state index contributed by atoms with van der Waals surface area (Å²) in [6.07, 6.45) is -1.02. The quantitative estimate of drug-likeness (QED) is 0.420. The molecule has 0 unspecified atom stereocenters. The van der Waals surface area contributed by atoms with Gasteiger partial charge in [-0.15, -0.1) is 0 Å². The maximum absolute atomic E-state index is 13.2. The molecule has 0 bridgehead atoms. The van der Waals surface area contributed by atoms with E-state index in [0.717, 1.165) is 0 Å². The summed E-state index contributed by atoms with van der Waals surface area (Å²) < 4.78 is 37.8. The number of hydrogen-bond acceptors (Lipinski definition) is 7. The molecular formula is C24H21ClN2O5S. The number of rotatable bonds is 4. The molecule has 0 amide bonds. The molecule has 1 aliphatic rings. The topological polar surface area (TPSA) is 102 Å². The van der Waals surface area contributed by atoms with Gasteiger partial charge in [-0.05, 0) is 62.4 Å². The van der Waals surface area contributed by atoms with Crippen LogP contribution in [-0.2, 0) is 9.84 Å². The molecule has 9 heteroatoms. The van der Waals surface area contributed by atoms with E-state index in [1.54, 1.807) is 68.4 Å². The molecule has 1 aliphatic heterocycles. The molecule has 3 aromatic carbocycles. The Morgan fingerprint density at radius 3 is 2.55 bits per heavy atom. The fourth-order valence-corrected chi connectivity index (χ4v) is 5.49. The minimum atomic E-state index is -3.76. The second-order valence-electron chi connectivity index (χ2n) is 8.46. The van der Waals surface area contributed by atoms with Gasteiger partial charge < -0.3 is 19.7 Å². The summed E-state index contributed by atoms with van der Waals surface area (Å²) in [6, 6.07) is 17.2. The lowest BCUT2D eigenvalue weighted by Crippen LogP contribution is -2.50. The highest BCUT2D eigenvalue weighted by molar-refractivity contribution is 7.91. The summed E-state index contributed by atoms with van der Waals surface area (Å²) in [5.41, 5.74) is 0.0853. The Balaban J connectivity index is 1.62. The Hall–Kier alpha value is -3.07. The zero-order valence-electron chi connectivity index (χ0n) is 17.8. The van der Waals surface area contributed by atoms with E-state index in [9.17, 15) is 13.5 Å². The average molecular weight is 485 g/mol. The molecule has 2 heterocycles. The Labute approximate surface area is 195 Å². The van der Waals surface area contributed by atoms with Crippen LogP contribution < -0.4 is 10.1 Å². The summed E-state index contributed by atoms with van der Waals surface area (Å²) in [7, 11) is -3.76. The molecule has 0 spiro atoms. The van der Waals surface area contributed by atoms with Crippen molar-refractivity contribution in [3.05, 3.63) is 77.3 Å². The maximum Gasteiger partial charge on any atom is 0.206 e. The number of hydrogen-bond donors (Lipinski definition) is 2. The number of benzene rings is 3. The second kappa shape index (κ2) is 7.76. The molecular weight excluding hydrogens is 464 g/mol. The van der Waals surface area contributed by atoms with Crippen LogP contribution in [0.25, 0.3) is 11.0 Å².